The molecule has 0 bridgehead atoms. The number of amides is 1. The molecule has 0 spiro atoms. The molecular weight excluding hydrogens is 453 g/mol. The fraction of sp³-hybridized carbons (Fsp3) is 0. The fourth-order valence-corrected chi connectivity index (χ4v) is 2.76. The van der Waals surface area contributed by atoms with Crippen LogP contribution < -0.4 is 10.6 Å². The molecular formula is C14H9ClIN3O3S. The molecule has 118 valence electrons. The second-order valence-electron chi connectivity index (χ2n) is 4.34. The summed E-state index contributed by atoms with van der Waals surface area (Å²) >= 11 is 13.3. The van der Waals surface area contributed by atoms with E-state index in [0.29, 0.717) is 10.7 Å². The van der Waals surface area contributed by atoms with Gasteiger partial charge in [-0.3, -0.25) is 20.2 Å². The summed E-state index contributed by atoms with van der Waals surface area (Å²) in [5.74, 6) is -0.473. The third kappa shape index (κ3) is 4.85. The normalized spacial score (nSPS) is 10.0. The van der Waals surface area contributed by atoms with E-state index in [0.717, 1.165) is 3.57 Å². The number of nitro groups is 1. The third-order valence-electron chi connectivity index (χ3n) is 2.75. The first-order chi connectivity index (χ1) is 10.9. The molecule has 2 aromatic carbocycles. The summed E-state index contributed by atoms with van der Waals surface area (Å²) in [6, 6.07) is 10.6. The lowest BCUT2D eigenvalue weighted by atomic mass is 10.2. The Morgan fingerprint density at radius 3 is 2.43 bits per heavy atom. The van der Waals surface area contributed by atoms with E-state index in [9.17, 15) is 14.9 Å². The summed E-state index contributed by atoms with van der Waals surface area (Å²) in [7, 11) is 0. The van der Waals surface area contributed by atoms with Gasteiger partial charge in [0.2, 0.25) is 0 Å². The number of nitrogens with zero attached hydrogens (tertiary/aromatic N) is 1. The number of nitrogens with one attached hydrogen (secondary N) is 2. The van der Waals surface area contributed by atoms with Crippen molar-refractivity contribution in [2.24, 2.45) is 0 Å². The van der Waals surface area contributed by atoms with Gasteiger partial charge < -0.3 is 5.32 Å². The van der Waals surface area contributed by atoms with Gasteiger partial charge >= 0.3 is 0 Å². The van der Waals surface area contributed by atoms with Gasteiger partial charge in [-0.1, -0.05) is 11.6 Å². The number of thiocarbonyl (C=S) groups is 1. The highest BCUT2D eigenvalue weighted by molar-refractivity contribution is 14.1. The number of rotatable bonds is 3. The first kappa shape index (κ1) is 17.6. The van der Waals surface area contributed by atoms with Crippen LogP contribution >= 0.6 is 46.4 Å². The van der Waals surface area contributed by atoms with Crippen LogP contribution in [0.4, 0.5) is 11.4 Å². The predicted molar refractivity (Wildman–Crippen MR) is 101 cm³/mol. The maximum atomic E-state index is 12.0. The number of carbonyl (C=O) groups is 1. The molecule has 0 saturated heterocycles. The van der Waals surface area contributed by atoms with Crippen LogP contribution in [0.3, 0.4) is 0 Å². The molecule has 0 unspecified atom stereocenters. The molecule has 23 heavy (non-hydrogen) atoms. The van der Waals surface area contributed by atoms with Gasteiger partial charge in [0.05, 0.1) is 15.6 Å². The molecule has 2 N–H and O–H groups in total. The number of carbonyl (C=O) groups excluding carboxylic acids is 1. The molecule has 0 radical (unpaired) electrons. The summed E-state index contributed by atoms with van der Waals surface area (Å²) < 4.78 is 0.971. The van der Waals surface area contributed by atoms with Crippen LogP contribution in [0.25, 0.3) is 0 Å². The van der Waals surface area contributed by atoms with Crippen molar-refractivity contribution >= 4 is 68.8 Å². The van der Waals surface area contributed by atoms with Gasteiger partial charge in [0.15, 0.2) is 5.11 Å². The van der Waals surface area contributed by atoms with Gasteiger partial charge in [0.1, 0.15) is 0 Å². The molecule has 2 aromatic rings. The Balaban J connectivity index is 2.01. The Labute approximate surface area is 155 Å². The summed E-state index contributed by atoms with van der Waals surface area (Å²) in [4.78, 5) is 22.1. The van der Waals surface area contributed by atoms with Crippen molar-refractivity contribution in [2.45, 2.75) is 0 Å². The molecule has 0 heterocycles. The smallest absolute Gasteiger partial charge is 0.269 e. The number of halogens is 2. The molecule has 0 fully saturated rings. The topological polar surface area (TPSA) is 84.3 Å². The quantitative estimate of drug-likeness (QED) is 0.313. The van der Waals surface area contributed by atoms with Crippen LogP contribution in [-0.4, -0.2) is 15.9 Å². The number of anilines is 1. The zero-order valence-corrected chi connectivity index (χ0v) is 15.1. The molecule has 0 aromatic heterocycles. The van der Waals surface area contributed by atoms with Gasteiger partial charge in [-0.25, -0.2) is 0 Å². The van der Waals surface area contributed by atoms with Crippen LogP contribution in [0.5, 0.6) is 0 Å². The Bertz CT molecular complexity index is 783. The van der Waals surface area contributed by atoms with E-state index in [4.69, 9.17) is 23.8 Å². The first-order valence-electron chi connectivity index (χ1n) is 6.18. The van der Waals surface area contributed by atoms with Crippen molar-refractivity contribution in [1.29, 1.82) is 0 Å². The Hall–Kier alpha value is -1.78. The lowest BCUT2D eigenvalue weighted by molar-refractivity contribution is -0.384. The van der Waals surface area contributed by atoms with E-state index in [1.54, 1.807) is 12.1 Å². The van der Waals surface area contributed by atoms with Gasteiger partial charge in [0.25, 0.3) is 11.6 Å². The molecule has 1 amide bonds. The van der Waals surface area contributed by atoms with Crippen LogP contribution in [0, 0.1) is 13.7 Å². The third-order valence-corrected chi connectivity index (χ3v) is 3.93. The Morgan fingerprint density at radius 2 is 1.87 bits per heavy atom. The monoisotopic (exact) mass is 461 g/mol. The summed E-state index contributed by atoms with van der Waals surface area (Å²) in [5, 5.41) is 16.4. The first-order valence-corrected chi connectivity index (χ1v) is 8.05. The molecule has 0 atom stereocenters. The van der Waals surface area contributed by atoms with Gasteiger partial charge in [-0.15, -0.1) is 0 Å². The highest BCUT2D eigenvalue weighted by atomic mass is 127. The van der Waals surface area contributed by atoms with Crippen LogP contribution in [0.1, 0.15) is 10.4 Å². The van der Waals surface area contributed by atoms with Crippen LogP contribution in [-0.2, 0) is 0 Å². The fourth-order valence-electron chi connectivity index (χ4n) is 1.65. The van der Waals surface area contributed by atoms with Crippen molar-refractivity contribution in [3.05, 3.63) is 66.7 Å². The summed E-state index contributed by atoms with van der Waals surface area (Å²) in [5.41, 5.74) is 0.738. The second-order valence-corrected chi connectivity index (χ2v) is 6.40. The zero-order valence-electron chi connectivity index (χ0n) is 11.4. The number of nitro benzene ring substituents is 1. The number of benzene rings is 2. The number of hydrogen-bond donors (Lipinski definition) is 2. The molecule has 6 nitrogen and oxygen atoms in total. The maximum Gasteiger partial charge on any atom is 0.269 e. The molecule has 0 aliphatic carbocycles. The van der Waals surface area contributed by atoms with Gasteiger partial charge in [-0.2, -0.15) is 0 Å². The number of hydrogen-bond acceptors (Lipinski definition) is 4. The molecule has 0 aliphatic rings. The van der Waals surface area contributed by atoms with Gasteiger partial charge in [0, 0.05) is 21.3 Å². The van der Waals surface area contributed by atoms with Crippen LogP contribution in [0.15, 0.2) is 42.5 Å². The van der Waals surface area contributed by atoms with E-state index in [1.165, 1.54) is 24.3 Å². The van der Waals surface area contributed by atoms with Crippen molar-refractivity contribution in [3.63, 3.8) is 0 Å². The van der Waals surface area contributed by atoms with Crippen molar-refractivity contribution < 1.29 is 9.72 Å². The Morgan fingerprint density at radius 1 is 1.22 bits per heavy atom. The molecule has 0 aliphatic heterocycles. The van der Waals surface area contributed by atoms with E-state index >= 15 is 0 Å². The van der Waals surface area contributed by atoms with E-state index < -0.39 is 10.8 Å². The summed E-state index contributed by atoms with van der Waals surface area (Å²) in [6.07, 6.45) is 0. The Kier molecular flexibility index (Phi) is 5.85. The second kappa shape index (κ2) is 7.66. The van der Waals surface area contributed by atoms with Crippen molar-refractivity contribution in [3.8, 4) is 0 Å². The van der Waals surface area contributed by atoms with E-state index in [1.807, 2.05) is 6.07 Å². The highest BCUT2D eigenvalue weighted by Gasteiger charge is 2.11. The zero-order chi connectivity index (χ0) is 17.0. The van der Waals surface area contributed by atoms with E-state index in [-0.39, 0.29) is 16.4 Å². The average molecular weight is 462 g/mol. The molecule has 0 saturated carbocycles. The maximum absolute atomic E-state index is 12.0. The summed E-state index contributed by atoms with van der Waals surface area (Å²) in [6.45, 7) is 0. The SMILES string of the molecule is O=C(NC(=S)Nc1ccc(I)cc1Cl)c1ccc([N+](=O)[O-])cc1. The lowest BCUT2D eigenvalue weighted by Crippen LogP contribution is -2.34. The lowest BCUT2D eigenvalue weighted by Gasteiger charge is -2.11. The minimum Gasteiger partial charge on any atom is -0.331 e. The van der Waals surface area contributed by atoms with Crippen molar-refractivity contribution in [2.75, 3.05) is 5.32 Å². The predicted octanol–water partition coefficient (Wildman–Crippen LogP) is 3.98. The van der Waals surface area contributed by atoms with Crippen molar-refractivity contribution in [1.82, 2.24) is 5.32 Å². The minimum absolute atomic E-state index is 0.0801. The molecule has 9 heteroatoms. The van der Waals surface area contributed by atoms with Crippen LogP contribution in [0.2, 0.25) is 5.02 Å². The average Bonchev–Trinajstić information content (AvgIpc) is 2.50. The standard InChI is InChI=1S/C14H9ClIN3O3S/c15-11-7-9(16)3-6-12(11)17-14(23)18-13(20)8-1-4-10(5-2-8)19(21)22/h1-7H,(H2,17,18,20,23). The van der Waals surface area contributed by atoms with E-state index in [2.05, 4.69) is 33.2 Å². The molecule has 2 rings (SSSR count). The highest BCUT2D eigenvalue weighted by Crippen LogP contribution is 2.23. The number of non-ortho nitro benzene ring substituents is 1. The largest absolute Gasteiger partial charge is 0.331 e. The minimum atomic E-state index is -0.535. The van der Waals surface area contributed by atoms with Gasteiger partial charge in [-0.05, 0) is 65.1 Å².